The second-order valence-corrected chi connectivity index (χ2v) is 5.43. The lowest BCUT2D eigenvalue weighted by atomic mass is 10.1. The zero-order valence-electron chi connectivity index (χ0n) is 9.80. The van der Waals surface area contributed by atoms with Crippen molar-refractivity contribution in [2.24, 2.45) is 5.92 Å². The molecule has 17 heavy (non-hydrogen) atoms. The van der Waals surface area contributed by atoms with Gasteiger partial charge in [-0.1, -0.05) is 48.7 Å². The van der Waals surface area contributed by atoms with Crippen molar-refractivity contribution in [3.63, 3.8) is 0 Å². The molecule has 1 atom stereocenters. The van der Waals surface area contributed by atoms with Gasteiger partial charge in [0.15, 0.2) is 0 Å². The zero-order valence-corrected chi connectivity index (χ0v) is 12.1. The van der Waals surface area contributed by atoms with Crippen molar-refractivity contribution in [3.8, 4) is 0 Å². The highest BCUT2D eigenvalue weighted by Gasteiger charge is 2.14. The average Bonchev–Trinajstić information content (AvgIpc) is 2.28. The van der Waals surface area contributed by atoms with Crippen molar-refractivity contribution in [1.29, 1.82) is 0 Å². The third-order valence-electron chi connectivity index (χ3n) is 2.68. The van der Waals surface area contributed by atoms with Gasteiger partial charge in [-0.2, -0.15) is 0 Å². The number of nitrogens with one attached hydrogen (secondary N) is 1. The van der Waals surface area contributed by atoms with E-state index in [4.69, 9.17) is 34.8 Å². The molecule has 1 aromatic carbocycles. The molecule has 0 amide bonds. The molecular formula is C12H16Cl3NO. The van der Waals surface area contributed by atoms with Gasteiger partial charge in [-0.25, -0.2) is 0 Å². The first-order valence-electron chi connectivity index (χ1n) is 5.44. The maximum absolute atomic E-state index is 9.21. The molecule has 0 spiro atoms. The molecule has 1 aromatic rings. The first kappa shape index (κ1) is 15.1. The smallest absolute Gasteiger partial charge is 0.0652 e. The van der Waals surface area contributed by atoms with Crippen LogP contribution >= 0.6 is 34.8 Å². The van der Waals surface area contributed by atoms with Gasteiger partial charge in [0.25, 0.3) is 0 Å². The maximum atomic E-state index is 9.21. The van der Waals surface area contributed by atoms with Gasteiger partial charge in [-0.05, 0) is 18.1 Å². The normalized spacial score (nSPS) is 13.1. The van der Waals surface area contributed by atoms with Crippen molar-refractivity contribution in [3.05, 3.63) is 32.8 Å². The lowest BCUT2D eigenvalue weighted by Gasteiger charge is -2.20. The molecule has 0 aliphatic heterocycles. The Hall–Kier alpha value is 0.01000. The SMILES string of the molecule is CC(C)C(CO)NCc1c(Cl)ccc(Cl)c1Cl. The molecular weight excluding hydrogens is 280 g/mol. The van der Waals surface area contributed by atoms with Crippen LogP contribution in [0.2, 0.25) is 15.1 Å². The van der Waals surface area contributed by atoms with E-state index < -0.39 is 0 Å². The highest BCUT2D eigenvalue weighted by atomic mass is 35.5. The molecule has 0 aliphatic carbocycles. The van der Waals surface area contributed by atoms with Gasteiger partial charge in [0.1, 0.15) is 0 Å². The largest absolute Gasteiger partial charge is 0.395 e. The van der Waals surface area contributed by atoms with Crippen molar-refractivity contribution in [1.82, 2.24) is 5.32 Å². The molecule has 1 rings (SSSR count). The first-order chi connectivity index (χ1) is 7.97. The van der Waals surface area contributed by atoms with Gasteiger partial charge in [0, 0.05) is 23.2 Å². The quantitative estimate of drug-likeness (QED) is 0.811. The van der Waals surface area contributed by atoms with Crippen LogP contribution in [0, 0.1) is 5.92 Å². The molecule has 1 unspecified atom stereocenters. The van der Waals surface area contributed by atoms with E-state index in [9.17, 15) is 5.11 Å². The fourth-order valence-corrected chi connectivity index (χ4v) is 2.16. The van der Waals surface area contributed by atoms with E-state index in [0.29, 0.717) is 27.5 Å². The molecule has 5 heteroatoms. The van der Waals surface area contributed by atoms with Crippen LogP contribution in [0.1, 0.15) is 19.4 Å². The van der Waals surface area contributed by atoms with E-state index in [2.05, 4.69) is 5.32 Å². The zero-order chi connectivity index (χ0) is 13.0. The number of rotatable bonds is 5. The molecule has 0 heterocycles. The Bertz CT molecular complexity index is 382. The van der Waals surface area contributed by atoms with Crippen LogP contribution < -0.4 is 5.32 Å². The standard InChI is InChI=1S/C12H16Cl3NO/c1-7(2)11(6-17)16-5-8-9(13)3-4-10(14)12(8)15/h3-4,7,11,16-17H,5-6H2,1-2H3. The van der Waals surface area contributed by atoms with Gasteiger partial charge >= 0.3 is 0 Å². The number of benzene rings is 1. The van der Waals surface area contributed by atoms with Gasteiger partial charge in [-0.3, -0.25) is 0 Å². The molecule has 96 valence electrons. The molecule has 0 aliphatic rings. The Morgan fingerprint density at radius 2 is 1.76 bits per heavy atom. The number of hydrogen-bond donors (Lipinski definition) is 2. The minimum atomic E-state index is 0.0149. The number of hydrogen-bond acceptors (Lipinski definition) is 2. The van der Waals surface area contributed by atoms with E-state index in [0.717, 1.165) is 5.56 Å². The van der Waals surface area contributed by atoms with Crippen LogP contribution in [0.5, 0.6) is 0 Å². The van der Waals surface area contributed by atoms with Crippen LogP contribution in [-0.2, 0) is 6.54 Å². The summed E-state index contributed by atoms with van der Waals surface area (Å²) in [6, 6.07) is 3.40. The maximum Gasteiger partial charge on any atom is 0.0652 e. The van der Waals surface area contributed by atoms with Crippen molar-refractivity contribution in [2.45, 2.75) is 26.4 Å². The van der Waals surface area contributed by atoms with E-state index in [1.807, 2.05) is 13.8 Å². The lowest BCUT2D eigenvalue weighted by molar-refractivity contribution is 0.210. The minimum Gasteiger partial charge on any atom is -0.395 e. The highest BCUT2D eigenvalue weighted by molar-refractivity contribution is 6.44. The van der Waals surface area contributed by atoms with E-state index in [1.54, 1.807) is 12.1 Å². The van der Waals surface area contributed by atoms with Crippen LogP contribution in [0.15, 0.2) is 12.1 Å². The summed E-state index contributed by atoms with van der Waals surface area (Å²) in [4.78, 5) is 0. The Morgan fingerprint density at radius 1 is 1.18 bits per heavy atom. The Kier molecular flexibility index (Phi) is 6.04. The van der Waals surface area contributed by atoms with Crippen molar-refractivity contribution < 1.29 is 5.11 Å². The van der Waals surface area contributed by atoms with E-state index in [-0.39, 0.29) is 12.6 Å². The second-order valence-electron chi connectivity index (χ2n) is 4.24. The number of halogens is 3. The van der Waals surface area contributed by atoms with Crippen LogP contribution in [0.25, 0.3) is 0 Å². The monoisotopic (exact) mass is 295 g/mol. The molecule has 0 radical (unpaired) electrons. The summed E-state index contributed by atoms with van der Waals surface area (Å²) < 4.78 is 0. The van der Waals surface area contributed by atoms with E-state index in [1.165, 1.54) is 0 Å². The molecule has 0 saturated heterocycles. The third kappa shape index (κ3) is 4.01. The summed E-state index contributed by atoms with van der Waals surface area (Å²) in [5, 5.41) is 14.0. The van der Waals surface area contributed by atoms with Crippen LogP contribution in [0.3, 0.4) is 0 Å². The van der Waals surface area contributed by atoms with Gasteiger partial charge in [-0.15, -0.1) is 0 Å². The summed E-state index contributed by atoms with van der Waals surface area (Å²) in [6.45, 7) is 4.64. The summed E-state index contributed by atoms with van der Waals surface area (Å²) in [7, 11) is 0. The fraction of sp³-hybridized carbons (Fsp3) is 0.500. The molecule has 2 nitrogen and oxygen atoms in total. The van der Waals surface area contributed by atoms with Crippen molar-refractivity contribution in [2.75, 3.05) is 6.61 Å². The van der Waals surface area contributed by atoms with Crippen LogP contribution in [-0.4, -0.2) is 17.8 Å². The summed E-state index contributed by atoms with van der Waals surface area (Å²) in [6.07, 6.45) is 0. The summed E-state index contributed by atoms with van der Waals surface area (Å²) in [5.74, 6) is 0.330. The summed E-state index contributed by atoms with van der Waals surface area (Å²) in [5.41, 5.74) is 0.764. The molecule has 0 saturated carbocycles. The van der Waals surface area contributed by atoms with Gasteiger partial charge in [0.05, 0.1) is 16.7 Å². The van der Waals surface area contributed by atoms with E-state index >= 15 is 0 Å². The van der Waals surface area contributed by atoms with Gasteiger partial charge < -0.3 is 10.4 Å². The Morgan fingerprint density at radius 3 is 2.29 bits per heavy atom. The Balaban J connectivity index is 2.78. The molecule has 2 N–H and O–H groups in total. The predicted molar refractivity (Wildman–Crippen MR) is 74.0 cm³/mol. The Labute approximate surface area is 117 Å². The minimum absolute atomic E-state index is 0.0149. The van der Waals surface area contributed by atoms with Gasteiger partial charge in [0.2, 0.25) is 0 Å². The molecule has 0 bridgehead atoms. The van der Waals surface area contributed by atoms with Crippen molar-refractivity contribution >= 4 is 34.8 Å². The number of aliphatic hydroxyl groups excluding tert-OH is 1. The summed E-state index contributed by atoms with van der Waals surface area (Å²) >= 11 is 18.1. The fourth-order valence-electron chi connectivity index (χ4n) is 1.48. The first-order valence-corrected chi connectivity index (χ1v) is 6.57. The average molecular weight is 297 g/mol. The lowest BCUT2D eigenvalue weighted by Crippen LogP contribution is -2.36. The topological polar surface area (TPSA) is 32.3 Å². The molecule has 0 aromatic heterocycles. The predicted octanol–water partition coefficient (Wildman–Crippen LogP) is 3.75. The third-order valence-corrected chi connectivity index (χ3v) is 3.88. The van der Waals surface area contributed by atoms with Crippen LogP contribution in [0.4, 0.5) is 0 Å². The number of aliphatic hydroxyl groups is 1. The molecule has 0 fully saturated rings. The highest BCUT2D eigenvalue weighted by Crippen LogP contribution is 2.31. The second kappa shape index (κ2) is 6.81.